The fourth-order valence-corrected chi connectivity index (χ4v) is 3.81. The Hall–Kier alpha value is -2.55. The highest BCUT2D eigenvalue weighted by Gasteiger charge is 2.16. The first kappa shape index (κ1) is 17.8. The highest BCUT2D eigenvalue weighted by molar-refractivity contribution is 7.15. The van der Waals surface area contributed by atoms with Crippen LogP contribution in [-0.4, -0.2) is 46.5 Å². The van der Waals surface area contributed by atoms with Gasteiger partial charge in [0.15, 0.2) is 4.96 Å². The molecule has 0 aliphatic carbocycles. The lowest BCUT2D eigenvalue weighted by molar-refractivity contribution is 0.0340. The van der Waals surface area contributed by atoms with E-state index in [2.05, 4.69) is 21.3 Å². The van der Waals surface area contributed by atoms with E-state index in [9.17, 15) is 9.59 Å². The molecule has 2 aromatic heterocycles. The molecule has 8 heteroatoms. The topological polar surface area (TPSA) is 75.9 Å². The van der Waals surface area contributed by atoms with Gasteiger partial charge in [-0.2, -0.15) is 0 Å². The summed E-state index contributed by atoms with van der Waals surface area (Å²) in [5.74, 6) is -0.408. The number of nitrogens with one attached hydrogen (secondary N) is 1. The third-order valence-corrected chi connectivity index (χ3v) is 5.41. The minimum atomic E-state index is -0.408. The van der Waals surface area contributed by atoms with Crippen LogP contribution in [0.4, 0.5) is 0 Å². The fourth-order valence-electron chi connectivity index (χ4n) is 3.14. The predicted molar refractivity (Wildman–Crippen MR) is 103 cm³/mol. The quantitative estimate of drug-likeness (QED) is 0.722. The molecule has 0 unspecified atom stereocenters. The molecule has 1 aliphatic heterocycles. The molecule has 1 amide bonds. The second-order valence-electron chi connectivity index (χ2n) is 6.37. The van der Waals surface area contributed by atoms with Gasteiger partial charge >= 0.3 is 0 Å². The SMILES string of the molecule is O=C(NCc1ccccc1CN1CCOCC1)c1cnc2sccn2c1=O. The Morgan fingerprint density at radius 2 is 2.00 bits per heavy atom. The highest BCUT2D eigenvalue weighted by atomic mass is 32.1. The number of ether oxygens (including phenoxy) is 1. The number of carbonyl (C=O) groups excluding carboxylic acids is 1. The molecule has 27 heavy (non-hydrogen) atoms. The maximum absolute atomic E-state index is 12.5. The molecular formula is C19H20N4O3S. The Kier molecular flexibility index (Phi) is 5.28. The van der Waals surface area contributed by atoms with E-state index in [0.717, 1.165) is 38.4 Å². The number of thiazole rings is 1. The van der Waals surface area contributed by atoms with Crippen LogP contribution in [0.15, 0.2) is 46.8 Å². The van der Waals surface area contributed by atoms with Crippen LogP contribution in [0.5, 0.6) is 0 Å². The summed E-state index contributed by atoms with van der Waals surface area (Å²) in [5, 5.41) is 4.63. The second-order valence-corrected chi connectivity index (χ2v) is 7.25. The van der Waals surface area contributed by atoms with Crippen LogP contribution < -0.4 is 10.9 Å². The lowest BCUT2D eigenvalue weighted by atomic mass is 10.1. The summed E-state index contributed by atoms with van der Waals surface area (Å²) < 4.78 is 6.79. The van der Waals surface area contributed by atoms with E-state index in [0.29, 0.717) is 11.5 Å². The summed E-state index contributed by atoms with van der Waals surface area (Å²) in [6.45, 7) is 4.50. The van der Waals surface area contributed by atoms with E-state index in [-0.39, 0.29) is 11.1 Å². The zero-order valence-electron chi connectivity index (χ0n) is 14.8. The van der Waals surface area contributed by atoms with E-state index < -0.39 is 5.91 Å². The van der Waals surface area contributed by atoms with Crippen molar-refractivity contribution in [2.75, 3.05) is 26.3 Å². The van der Waals surface area contributed by atoms with Crippen LogP contribution in [-0.2, 0) is 17.8 Å². The first-order valence-corrected chi connectivity index (χ1v) is 9.70. The van der Waals surface area contributed by atoms with Crippen molar-refractivity contribution in [1.82, 2.24) is 19.6 Å². The van der Waals surface area contributed by atoms with Crippen molar-refractivity contribution in [2.24, 2.45) is 0 Å². The van der Waals surface area contributed by atoms with Gasteiger partial charge < -0.3 is 10.1 Å². The molecule has 1 fully saturated rings. The summed E-state index contributed by atoms with van der Waals surface area (Å²) >= 11 is 1.36. The molecule has 140 valence electrons. The Morgan fingerprint density at radius 1 is 1.22 bits per heavy atom. The Labute approximate surface area is 160 Å². The first-order valence-electron chi connectivity index (χ1n) is 8.82. The molecule has 0 saturated carbocycles. The monoisotopic (exact) mass is 384 g/mol. The van der Waals surface area contributed by atoms with Crippen molar-refractivity contribution >= 4 is 22.2 Å². The number of hydrogen-bond donors (Lipinski definition) is 1. The van der Waals surface area contributed by atoms with Crippen LogP contribution in [0.2, 0.25) is 0 Å². The third kappa shape index (κ3) is 3.92. The maximum Gasteiger partial charge on any atom is 0.271 e. The second kappa shape index (κ2) is 7.99. The Bertz CT molecular complexity index is 1010. The number of aromatic nitrogens is 2. The molecule has 1 saturated heterocycles. The van der Waals surface area contributed by atoms with Gasteiger partial charge in [-0.05, 0) is 11.1 Å². The number of morpholine rings is 1. The number of benzene rings is 1. The Morgan fingerprint density at radius 3 is 2.81 bits per heavy atom. The third-order valence-electron chi connectivity index (χ3n) is 4.64. The van der Waals surface area contributed by atoms with Gasteiger partial charge in [0.05, 0.1) is 13.2 Å². The number of hydrogen-bond acceptors (Lipinski definition) is 6. The van der Waals surface area contributed by atoms with E-state index in [1.165, 1.54) is 27.5 Å². The molecular weight excluding hydrogens is 364 g/mol. The number of carbonyl (C=O) groups is 1. The van der Waals surface area contributed by atoms with E-state index in [1.807, 2.05) is 18.2 Å². The molecule has 3 aromatic rings. The van der Waals surface area contributed by atoms with Gasteiger partial charge in [-0.15, -0.1) is 11.3 Å². The van der Waals surface area contributed by atoms with Crippen LogP contribution in [0, 0.1) is 0 Å². The van der Waals surface area contributed by atoms with Gasteiger partial charge in [-0.1, -0.05) is 24.3 Å². The summed E-state index contributed by atoms with van der Waals surface area (Å²) in [6, 6.07) is 8.04. The van der Waals surface area contributed by atoms with Gasteiger partial charge in [-0.3, -0.25) is 18.9 Å². The summed E-state index contributed by atoms with van der Waals surface area (Å²) in [7, 11) is 0. The molecule has 0 spiro atoms. The van der Waals surface area contributed by atoms with E-state index >= 15 is 0 Å². The number of rotatable bonds is 5. The van der Waals surface area contributed by atoms with Crippen LogP contribution >= 0.6 is 11.3 Å². The molecule has 1 N–H and O–H groups in total. The summed E-state index contributed by atoms with van der Waals surface area (Å²) in [4.78, 5) is 32.0. The van der Waals surface area contributed by atoms with E-state index in [1.54, 1.807) is 11.6 Å². The normalized spacial score (nSPS) is 15.1. The molecule has 7 nitrogen and oxygen atoms in total. The molecule has 0 bridgehead atoms. The van der Waals surface area contributed by atoms with Crippen LogP contribution in [0.3, 0.4) is 0 Å². The van der Waals surface area contributed by atoms with Gasteiger partial charge in [-0.25, -0.2) is 4.98 Å². The molecule has 0 radical (unpaired) electrons. The van der Waals surface area contributed by atoms with Crippen LogP contribution in [0.1, 0.15) is 21.5 Å². The van der Waals surface area contributed by atoms with Gasteiger partial charge in [0.25, 0.3) is 11.5 Å². The molecule has 3 heterocycles. The standard InChI is InChI=1S/C19H20N4O3S/c24-17(16-12-21-19-23(18(16)25)7-10-27-19)20-11-14-3-1-2-4-15(14)13-22-5-8-26-9-6-22/h1-4,7,10,12H,5-6,8-9,11,13H2,(H,20,24). The minimum Gasteiger partial charge on any atom is -0.379 e. The maximum atomic E-state index is 12.5. The zero-order chi connectivity index (χ0) is 18.6. The van der Waals surface area contributed by atoms with Crippen molar-refractivity contribution in [3.05, 3.63) is 69.1 Å². The molecule has 4 rings (SSSR count). The first-order chi connectivity index (χ1) is 13.2. The predicted octanol–water partition coefficient (Wildman–Crippen LogP) is 1.52. The van der Waals surface area contributed by atoms with Crippen molar-refractivity contribution in [1.29, 1.82) is 0 Å². The van der Waals surface area contributed by atoms with Gasteiger partial charge in [0, 0.05) is 44.0 Å². The number of amides is 1. The highest BCUT2D eigenvalue weighted by Crippen LogP contribution is 2.13. The zero-order valence-corrected chi connectivity index (χ0v) is 15.6. The van der Waals surface area contributed by atoms with Gasteiger partial charge in [0.1, 0.15) is 5.56 Å². The summed E-state index contributed by atoms with van der Waals surface area (Å²) in [6.07, 6.45) is 2.98. The molecule has 0 atom stereocenters. The largest absolute Gasteiger partial charge is 0.379 e. The molecule has 1 aliphatic rings. The molecule has 1 aromatic carbocycles. The van der Waals surface area contributed by atoms with Crippen molar-refractivity contribution in [2.45, 2.75) is 13.1 Å². The van der Waals surface area contributed by atoms with Crippen molar-refractivity contribution in [3.8, 4) is 0 Å². The fraction of sp³-hybridized carbons (Fsp3) is 0.316. The van der Waals surface area contributed by atoms with Crippen molar-refractivity contribution in [3.63, 3.8) is 0 Å². The smallest absolute Gasteiger partial charge is 0.271 e. The number of nitrogens with zero attached hydrogens (tertiary/aromatic N) is 3. The average molecular weight is 384 g/mol. The van der Waals surface area contributed by atoms with Crippen molar-refractivity contribution < 1.29 is 9.53 Å². The number of fused-ring (bicyclic) bond motifs is 1. The average Bonchev–Trinajstić information content (AvgIpc) is 3.18. The lowest BCUT2D eigenvalue weighted by Crippen LogP contribution is -2.36. The summed E-state index contributed by atoms with van der Waals surface area (Å²) in [5.41, 5.74) is 1.92. The van der Waals surface area contributed by atoms with Gasteiger partial charge in [0.2, 0.25) is 0 Å². The van der Waals surface area contributed by atoms with E-state index in [4.69, 9.17) is 4.74 Å². The van der Waals surface area contributed by atoms with Crippen LogP contribution in [0.25, 0.3) is 4.96 Å². The Balaban J connectivity index is 1.47. The minimum absolute atomic E-state index is 0.0524. The lowest BCUT2D eigenvalue weighted by Gasteiger charge is -2.27.